The summed E-state index contributed by atoms with van der Waals surface area (Å²) in [6.07, 6.45) is 1.64. The zero-order valence-corrected chi connectivity index (χ0v) is 15.7. The number of nitrogens with one attached hydrogen (secondary N) is 2. The number of hydrogen-bond acceptors (Lipinski definition) is 3. The second kappa shape index (κ2) is 7.82. The molecule has 0 amide bonds. The highest BCUT2D eigenvalue weighted by Gasteiger charge is 2.07. The Hall–Kier alpha value is -2.15. The van der Waals surface area contributed by atoms with Crippen LogP contribution >= 0.6 is 35.4 Å². The van der Waals surface area contributed by atoms with Gasteiger partial charge < -0.3 is 5.32 Å². The van der Waals surface area contributed by atoms with Crippen LogP contribution in [0, 0.1) is 6.92 Å². The summed E-state index contributed by atoms with van der Waals surface area (Å²) in [6, 6.07) is 13.2. The van der Waals surface area contributed by atoms with Crippen LogP contribution < -0.4 is 10.6 Å². The zero-order valence-electron chi connectivity index (χ0n) is 13.3. The van der Waals surface area contributed by atoms with Gasteiger partial charge in [-0.25, -0.2) is 9.67 Å². The summed E-state index contributed by atoms with van der Waals surface area (Å²) in [7, 11) is 0. The molecule has 0 saturated heterocycles. The van der Waals surface area contributed by atoms with E-state index in [1.165, 1.54) is 0 Å². The third kappa shape index (κ3) is 4.69. The summed E-state index contributed by atoms with van der Waals surface area (Å²) >= 11 is 17.3. The maximum absolute atomic E-state index is 6.11. The fourth-order valence-electron chi connectivity index (χ4n) is 2.20. The van der Waals surface area contributed by atoms with E-state index in [2.05, 4.69) is 20.7 Å². The summed E-state index contributed by atoms with van der Waals surface area (Å²) in [5.41, 5.74) is 2.84. The molecule has 25 heavy (non-hydrogen) atoms. The highest BCUT2D eigenvalue weighted by molar-refractivity contribution is 7.80. The van der Waals surface area contributed by atoms with Crippen LogP contribution in [0.25, 0.3) is 0 Å². The number of thiocarbonyl (C=S) groups is 1. The van der Waals surface area contributed by atoms with E-state index in [1.807, 2.05) is 49.4 Å². The molecule has 1 aromatic heterocycles. The van der Waals surface area contributed by atoms with Gasteiger partial charge in [-0.05, 0) is 54.5 Å². The Bertz CT molecular complexity index is 892. The molecule has 0 saturated carbocycles. The number of rotatable bonds is 4. The van der Waals surface area contributed by atoms with Crippen molar-refractivity contribution in [2.75, 3.05) is 10.6 Å². The highest BCUT2D eigenvalue weighted by Crippen LogP contribution is 2.23. The van der Waals surface area contributed by atoms with Crippen molar-refractivity contribution in [2.45, 2.75) is 13.5 Å². The predicted octanol–water partition coefficient (Wildman–Crippen LogP) is 4.75. The van der Waals surface area contributed by atoms with Gasteiger partial charge in [-0.1, -0.05) is 41.4 Å². The standard InChI is InChI=1S/C17H15Cl2N5S/c1-11-14(19)3-2-4-15(11)21-17(25)22-16-20-10-24(23-16)9-12-5-7-13(18)8-6-12/h2-8,10H,9H2,1H3,(H2,21,22,23,25). The third-order valence-corrected chi connectivity index (χ3v) is 4.40. The SMILES string of the molecule is Cc1c(Cl)cccc1NC(=S)Nc1ncn(Cc2ccc(Cl)cc2)n1. The molecule has 2 aromatic carbocycles. The molecule has 5 nitrogen and oxygen atoms in total. The largest absolute Gasteiger partial charge is 0.332 e. The van der Waals surface area contributed by atoms with Crippen LogP contribution in [0.15, 0.2) is 48.8 Å². The van der Waals surface area contributed by atoms with Crippen molar-refractivity contribution in [1.82, 2.24) is 14.8 Å². The lowest BCUT2D eigenvalue weighted by molar-refractivity contribution is 0.687. The first-order valence-electron chi connectivity index (χ1n) is 7.48. The first kappa shape index (κ1) is 17.7. The van der Waals surface area contributed by atoms with Crippen LogP contribution in [0.5, 0.6) is 0 Å². The second-order valence-electron chi connectivity index (χ2n) is 5.38. The van der Waals surface area contributed by atoms with Crippen molar-refractivity contribution in [3.05, 3.63) is 70.0 Å². The van der Waals surface area contributed by atoms with Crippen LogP contribution in [-0.2, 0) is 6.54 Å². The van der Waals surface area contributed by atoms with E-state index in [0.717, 1.165) is 16.8 Å². The molecule has 3 rings (SSSR count). The summed E-state index contributed by atoms with van der Waals surface area (Å²) < 4.78 is 1.72. The predicted molar refractivity (Wildman–Crippen MR) is 107 cm³/mol. The van der Waals surface area contributed by atoms with Gasteiger partial charge in [0.15, 0.2) is 5.11 Å². The van der Waals surface area contributed by atoms with Crippen molar-refractivity contribution in [2.24, 2.45) is 0 Å². The lowest BCUT2D eigenvalue weighted by atomic mass is 10.2. The van der Waals surface area contributed by atoms with Gasteiger partial charge >= 0.3 is 0 Å². The highest BCUT2D eigenvalue weighted by atomic mass is 35.5. The van der Waals surface area contributed by atoms with E-state index in [-0.39, 0.29) is 0 Å². The lowest BCUT2D eigenvalue weighted by Crippen LogP contribution is -2.20. The maximum atomic E-state index is 6.11. The molecule has 0 spiro atoms. The minimum Gasteiger partial charge on any atom is -0.332 e. The van der Waals surface area contributed by atoms with Crippen LogP contribution in [0.2, 0.25) is 10.0 Å². The molecule has 1 heterocycles. The number of nitrogens with zero attached hydrogens (tertiary/aromatic N) is 3. The van der Waals surface area contributed by atoms with Gasteiger partial charge in [0.2, 0.25) is 5.95 Å². The molecule has 0 fully saturated rings. The summed E-state index contributed by atoms with van der Waals surface area (Å²) in [5.74, 6) is 0.422. The number of anilines is 2. The second-order valence-corrected chi connectivity index (χ2v) is 6.64. The Balaban J connectivity index is 1.61. The van der Waals surface area contributed by atoms with Gasteiger partial charge in [-0.15, -0.1) is 5.10 Å². The van der Waals surface area contributed by atoms with Crippen LogP contribution in [-0.4, -0.2) is 19.9 Å². The molecule has 0 unspecified atom stereocenters. The van der Waals surface area contributed by atoms with Crippen LogP contribution in [0.3, 0.4) is 0 Å². The monoisotopic (exact) mass is 391 g/mol. The summed E-state index contributed by atoms with van der Waals surface area (Å²) in [5, 5.41) is 12.2. The van der Waals surface area contributed by atoms with Gasteiger partial charge in [0, 0.05) is 15.7 Å². The molecular formula is C17H15Cl2N5S. The topological polar surface area (TPSA) is 54.8 Å². The zero-order chi connectivity index (χ0) is 17.8. The first-order chi connectivity index (χ1) is 12.0. The van der Waals surface area contributed by atoms with Gasteiger partial charge in [0.05, 0.1) is 6.54 Å². The maximum Gasteiger partial charge on any atom is 0.248 e. The van der Waals surface area contributed by atoms with E-state index in [9.17, 15) is 0 Å². The molecule has 128 valence electrons. The number of aromatic nitrogens is 3. The fraction of sp³-hybridized carbons (Fsp3) is 0.118. The number of halogens is 2. The Morgan fingerprint density at radius 2 is 1.88 bits per heavy atom. The Morgan fingerprint density at radius 3 is 2.64 bits per heavy atom. The first-order valence-corrected chi connectivity index (χ1v) is 8.65. The molecule has 0 aliphatic rings. The third-order valence-electron chi connectivity index (χ3n) is 3.54. The van der Waals surface area contributed by atoms with Gasteiger partial charge in [0.25, 0.3) is 0 Å². The van der Waals surface area contributed by atoms with Crippen LogP contribution in [0.1, 0.15) is 11.1 Å². The Kier molecular flexibility index (Phi) is 5.53. The van der Waals surface area contributed by atoms with Crippen molar-refractivity contribution in [3.8, 4) is 0 Å². The van der Waals surface area contributed by atoms with Gasteiger partial charge in [0.1, 0.15) is 6.33 Å². The molecule has 2 N–H and O–H groups in total. The summed E-state index contributed by atoms with van der Waals surface area (Å²) in [6.45, 7) is 2.52. The molecule has 8 heteroatoms. The van der Waals surface area contributed by atoms with E-state index >= 15 is 0 Å². The average Bonchev–Trinajstić information content (AvgIpc) is 3.01. The molecular weight excluding hydrogens is 377 g/mol. The fourth-order valence-corrected chi connectivity index (χ4v) is 2.70. The summed E-state index contributed by atoms with van der Waals surface area (Å²) in [4.78, 5) is 4.21. The van der Waals surface area contributed by atoms with Crippen LogP contribution in [0.4, 0.5) is 11.6 Å². The van der Waals surface area contributed by atoms with E-state index in [4.69, 9.17) is 35.4 Å². The Morgan fingerprint density at radius 1 is 1.12 bits per heavy atom. The smallest absolute Gasteiger partial charge is 0.248 e. The minimum atomic E-state index is 0.398. The van der Waals surface area contributed by atoms with E-state index < -0.39 is 0 Å². The Labute approximate surface area is 161 Å². The number of hydrogen-bond donors (Lipinski definition) is 2. The lowest BCUT2D eigenvalue weighted by Gasteiger charge is -2.11. The van der Waals surface area contributed by atoms with Gasteiger partial charge in [-0.2, -0.15) is 0 Å². The normalized spacial score (nSPS) is 10.5. The van der Waals surface area contributed by atoms with Crippen molar-refractivity contribution in [3.63, 3.8) is 0 Å². The quantitative estimate of drug-likeness (QED) is 0.628. The van der Waals surface area contributed by atoms with E-state index in [1.54, 1.807) is 11.0 Å². The van der Waals surface area contributed by atoms with Crippen molar-refractivity contribution in [1.29, 1.82) is 0 Å². The molecule has 0 aliphatic heterocycles. The minimum absolute atomic E-state index is 0.398. The van der Waals surface area contributed by atoms with Gasteiger partial charge in [-0.3, -0.25) is 5.32 Å². The van der Waals surface area contributed by atoms with Crippen molar-refractivity contribution < 1.29 is 0 Å². The molecule has 0 bridgehead atoms. The average molecular weight is 392 g/mol. The van der Waals surface area contributed by atoms with Crippen molar-refractivity contribution >= 4 is 52.2 Å². The molecule has 3 aromatic rings. The van der Waals surface area contributed by atoms with E-state index in [0.29, 0.717) is 27.7 Å². The molecule has 0 aliphatic carbocycles. The molecule has 0 radical (unpaired) electrons. The molecule has 0 atom stereocenters. The number of benzene rings is 2.